The van der Waals surface area contributed by atoms with E-state index in [0.29, 0.717) is 12.2 Å². The van der Waals surface area contributed by atoms with Crippen molar-refractivity contribution in [2.24, 2.45) is 0 Å². The molecular formula is C12H18ClNO4. The van der Waals surface area contributed by atoms with Crippen LogP contribution < -0.4 is 14.8 Å². The zero-order valence-corrected chi connectivity index (χ0v) is 11.2. The monoisotopic (exact) mass is 275 g/mol. The van der Waals surface area contributed by atoms with Crippen molar-refractivity contribution >= 4 is 18.0 Å². The standard InChI is InChI=1S/C10H13ClO3.C2H5NO/c1-13-9-2-4-10(5-3-9)14-7-8(12)6-11;1-3-2-4/h2-5,8,12H,6-7H2,1H3;2H,1H3,(H,3,4). The number of aliphatic hydroxyl groups is 1. The molecule has 0 fully saturated rings. The quantitative estimate of drug-likeness (QED) is 0.601. The van der Waals surface area contributed by atoms with Gasteiger partial charge in [-0.2, -0.15) is 0 Å². The number of carbonyl (C=O) groups is 1. The minimum atomic E-state index is -0.626. The maximum atomic E-state index is 9.14. The van der Waals surface area contributed by atoms with Crippen molar-refractivity contribution in [3.05, 3.63) is 24.3 Å². The molecule has 0 aromatic heterocycles. The number of rotatable bonds is 6. The van der Waals surface area contributed by atoms with E-state index in [1.54, 1.807) is 38.4 Å². The average molecular weight is 276 g/mol. The Bertz CT molecular complexity index is 318. The van der Waals surface area contributed by atoms with E-state index in [0.717, 1.165) is 5.75 Å². The number of amides is 1. The van der Waals surface area contributed by atoms with Crippen molar-refractivity contribution in [1.82, 2.24) is 5.32 Å². The molecule has 1 amide bonds. The van der Waals surface area contributed by atoms with Gasteiger partial charge in [-0.1, -0.05) is 0 Å². The van der Waals surface area contributed by atoms with E-state index in [1.165, 1.54) is 0 Å². The van der Waals surface area contributed by atoms with Crippen LogP contribution in [0.15, 0.2) is 24.3 Å². The van der Waals surface area contributed by atoms with E-state index in [9.17, 15) is 0 Å². The van der Waals surface area contributed by atoms with Crippen molar-refractivity contribution < 1.29 is 19.4 Å². The third kappa shape index (κ3) is 7.76. The van der Waals surface area contributed by atoms with Crippen molar-refractivity contribution in [2.45, 2.75) is 6.10 Å². The smallest absolute Gasteiger partial charge is 0.206 e. The molecule has 2 N–H and O–H groups in total. The molecule has 0 aliphatic heterocycles. The Morgan fingerprint density at radius 3 is 2.28 bits per heavy atom. The second-order valence-electron chi connectivity index (χ2n) is 3.20. The van der Waals surface area contributed by atoms with E-state index in [-0.39, 0.29) is 12.5 Å². The molecule has 0 spiro atoms. The number of alkyl halides is 1. The Hall–Kier alpha value is -1.46. The van der Waals surface area contributed by atoms with Crippen molar-refractivity contribution in [3.8, 4) is 11.5 Å². The first-order chi connectivity index (χ1) is 8.67. The van der Waals surface area contributed by atoms with Crippen LogP contribution in [0.1, 0.15) is 0 Å². The summed E-state index contributed by atoms with van der Waals surface area (Å²) in [7, 11) is 3.17. The third-order valence-electron chi connectivity index (χ3n) is 1.80. The second kappa shape index (κ2) is 10.7. The Balaban J connectivity index is 0.000000631. The summed E-state index contributed by atoms with van der Waals surface area (Å²) in [5, 5.41) is 11.4. The Morgan fingerprint density at radius 2 is 1.89 bits per heavy atom. The highest BCUT2D eigenvalue weighted by Gasteiger charge is 2.02. The number of ether oxygens (including phenoxy) is 2. The second-order valence-corrected chi connectivity index (χ2v) is 3.51. The molecule has 1 unspecified atom stereocenters. The first kappa shape index (κ1) is 16.5. The summed E-state index contributed by atoms with van der Waals surface area (Å²) >= 11 is 5.42. The topological polar surface area (TPSA) is 67.8 Å². The van der Waals surface area contributed by atoms with E-state index in [4.69, 9.17) is 31.0 Å². The molecular weight excluding hydrogens is 258 g/mol. The summed E-state index contributed by atoms with van der Waals surface area (Å²) in [5.41, 5.74) is 0. The fraction of sp³-hybridized carbons (Fsp3) is 0.417. The van der Waals surface area contributed by atoms with Crippen LogP contribution in [-0.2, 0) is 4.79 Å². The van der Waals surface area contributed by atoms with Crippen LogP contribution in [0.5, 0.6) is 11.5 Å². The number of benzene rings is 1. The van der Waals surface area contributed by atoms with Gasteiger partial charge in [0.05, 0.1) is 13.0 Å². The molecule has 0 bridgehead atoms. The lowest BCUT2D eigenvalue weighted by molar-refractivity contribution is -0.109. The van der Waals surface area contributed by atoms with Gasteiger partial charge in [-0.05, 0) is 24.3 Å². The Morgan fingerprint density at radius 1 is 1.39 bits per heavy atom. The van der Waals surface area contributed by atoms with Crippen LogP contribution >= 0.6 is 11.6 Å². The molecule has 0 radical (unpaired) electrons. The van der Waals surface area contributed by atoms with Gasteiger partial charge in [-0.25, -0.2) is 0 Å². The van der Waals surface area contributed by atoms with Crippen molar-refractivity contribution in [2.75, 3.05) is 26.6 Å². The number of aliphatic hydroxyl groups excluding tert-OH is 1. The Labute approximate surface area is 112 Å². The number of hydrogen-bond donors (Lipinski definition) is 2. The predicted molar refractivity (Wildman–Crippen MR) is 70.3 cm³/mol. The zero-order valence-electron chi connectivity index (χ0n) is 10.4. The van der Waals surface area contributed by atoms with Crippen LogP contribution in [0, 0.1) is 0 Å². The molecule has 0 saturated heterocycles. The minimum Gasteiger partial charge on any atom is -0.497 e. The number of hydrogen-bond acceptors (Lipinski definition) is 4. The van der Waals surface area contributed by atoms with Crippen LogP contribution in [0.25, 0.3) is 0 Å². The molecule has 0 heterocycles. The highest BCUT2D eigenvalue weighted by molar-refractivity contribution is 6.18. The SMILES string of the molecule is CNC=O.COc1ccc(OCC(O)CCl)cc1. The molecule has 0 aliphatic carbocycles. The summed E-state index contributed by atoms with van der Waals surface area (Å²) in [6.07, 6.45) is -0.00114. The van der Waals surface area contributed by atoms with Gasteiger partial charge in [0.2, 0.25) is 6.41 Å². The molecule has 1 atom stereocenters. The number of halogens is 1. The van der Waals surface area contributed by atoms with Crippen LogP contribution in [-0.4, -0.2) is 44.3 Å². The summed E-state index contributed by atoms with van der Waals surface area (Å²) < 4.78 is 10.3. The van der Waals surface area contributed by atoms with Gasteiger partial charge in [0.1, 0.15) is 24.2 Å². The normalized spacial score (nSPS) is 10.7. The van der Waals surface area contributed by atoms with Gasteiger partial charge in [0.25, 0.3) is 0 Å². The van der Waals surface area contributed by atoms with Gasteiger partial charge in [-0.3, -0.25) is 4.79 Å². The van der Waals surface area contributed by atoms with Gasteiger partial charge >= 0.3 is 0 Å². The molecule has 0 aliphatic rings. The summed E-state index contributed by atoms with van der Waals surface area (Å²) in [4.78, 5) is 9.06. The molecule has 1 aromatic carbocycles. The molecule has 1 aromatic rings. The highest BCUT2D eigenvalue weighted by Crippen LogP contribution is 2.17. The van der Waals surface area contributed by atoms with Gasteiger partial charge in [0.15, 0.2) is 0 Å². The summed E-state index contributed by atoms with van der Waals surface area (Å²) in [6.45, 7) is 0.204. The molecule has 0 saturated carbocycles. The van der Waals surface area contributed by atoms with E-state index in [1.807, 2.05) is 0 Å². The molecule has 1 rings (SSSR count). The first-order valence-electron chi connectivity index (χ1n) is 5.29. The molecule has 18 heavy (non-hydrogen) atoms. The summed E-state index contributed by atoms with van der Waals surface area (Å²) in [5.74, 6) is 1.64. The first-order valence-corrected chi connectivity index (χ1v) is 5.83. The van der Waals surface area contributed by atoms with Gasteiger partial charge < -0.3 is 19.9 Å². The highest BCUT2D eigenvalue weighted by atomic mass is 35.5. The fourth-order valence-electron chi connectivity index (χ4n) is 0.909. The predicted octanol–water partition coefficient (Wildman–Crippen LogP) is 1.04. The largest absolute Gasteiger partial charge is 0.497 e. The summed E-state index contributed by atoms with van der Waals surface area (Å²) in [6, 6.07) is 7.14. The fourth-order valence-corrected chi connectivity index (χ4v) is 0.998. The lowest BCUT2D eigenvalue weighted by Gasteiger charge is -2.09. The number of methoxy groups -OCH3 is 1. The van der Waals surface area contributed by atoms with Crippen LogP contribution in [0.2, 0.25) is 0 Å². The van der Waals surface area contributed by atoms with Gasteiger partial charge in [-0.15, -0.1) is 11.6 Å². The maximum absolute atomic E-state index is 9.14. The maximum Gasteiger partial charge on any atom is 0.206 e. The van der Waals surface area contributed by atoms with Crippen LogP contribution in [0.4, 0.5) is 0 Å². The molecule has 5 nitrogen and oxygen atoms in total. The van der Waals surface area contributed by atoms with Crippen LogP contribution in [0.3, 0.4) is 0 Å². The zero-order chi connectivity index (χ0) is 13.8. The number of nitrogens with one attached hydrogen (secondary N) is 1. The van der Waals surface area contributed by atoms with E-state index in [2.05, 4.69) is 5.32 Å². The van der Waals surface area contributed by atoms with E-state index >= 15 is 0 Å². The lowest BCUT2D eigenvalue weighted by atomic mass is 10.3. The molecule has 6 heteroatoms. The minimum absolute atomic E-state index is 0.177. The van der Waals surface area contributed by atoms with Crippen molar-refractivity contribution in [3.63, 3.8) is 0 Å². The molecule has 102 valence electrons. The number of carbonyl (C=O) groups excluding carboxylic acids is 1. The lowest BCUT2D eigenvalue weighted by Crippen LogP contribution is -2.18. The third-order valence-corrected chi connectivity index (χ3v) is 2.15. The Kier molecular flexibility index (Phi) is 9.81. The van der Waals surface area contributed by atoms with Crippen molar-refractivity contribution in [1.29, 1.82) is 0 Å². The van der Waals surface area contributed by atoms with Gasteiger partial charge in [0, 0.05) is 7.05 Å². The average Bonchev–Trinajstić information content (AvgIpc) is 2.45. The van der Waals surface area contributed by atoms with E-state index < -0.39 is 6.10 Å².